The van der Waals surface area contributed by atoms with E-state index in [4.69, 9.17) is 5.11 Å². The van der Waals surface area contributed by atoms with Gasteiger partial charge in [-0.15, -0.1) is 0 Å². The normalized spacial score (nSPS) is 11.8. The number of sulfonamides is 1. The second-order valence-corrected chi connectivity index (χ2v) is 8.80. The molecule has 1 atom stereocenters. The molecule has 0 saturated carbocycles. The molecule has 3 N–H and O–H groups in total. The number of amides is 1. The number of aliphatic hydroxyl groups is 1. The number of nitrogens with one attached hydrogen (secondary N) is 1. The van der Waals surface area contributed by atoms with Crippen molar-refractivity contribution < 1.29 is 28.2 Å². The van der Waals surface area contributed by atoms with Gasteiger partial charge in [-0.25, -0.2) is 8.42 Å². The number of carboxylic acids is 1. The maximum Gasteiger partial charge on any atom is 0.321 e. The molecule has 170 valence electrons. The molecule has 1 amide bonds. The Morgan fingerprint density at radius 1 is 1.09 bits per heavy atom. The van der Waals surface area contributed by atoms with Gasteiger partial charge in [0, 0.05) is 32.0 Å². The van der Waals surface area contributed by atoms with Crippen molar-refractivity contribution in [3.63, 3.8) is 0 Å². The molecule has 0 radical (unpaired) electrons. The van der Waals surface area contributed by atoms with Gasteiger partial charge in [-0.2, -0.15) is 4.72 Å². The molecule has 0 bridgehead atoms. The number of aliphatic hydroxyl groups excluding tert-OH is 1. The van der Waals surface area contributed by atoms with Crippen molar-refractivity contribution in [3.8, 4) is 11.8 Å². The second kappa shape index (κ2) is 12.0. The van der Waals surface area contributed by atoms with Gasteiger partial charge < -0.3 is 15.1 Å². The number of hydrogen-bond donors (Lipinski definition) is 3. The Morgan fingerprint density at radius 2 is 1.75 bits per heavy atom. The summed E-state index contributed by atoms with van der Waals surface area (Å²) < 4.78 is 27.4. The van der Waals surface area contributed by atoms with Gasteiger partial charge in [-0.1, -0.05) is 42.2 Å². The first-order valence-electron chi connectivity index (χ1n) is 9.96. The first-order chi connectivity index (χ1) is 15.2. The van der Waals surface area contributed by atoms with Crippen LogP contribution in [0.5, 0.6) is 0 Å². The van der Waals surface area contributed by atoms with Crippen molar-refractivity contribution in [1.82, 2.24) is 9.62 Å². The summed E-state index contributed by atoms with van der Waals surface area (Å²) in [6.07, 6.45) is 0.000600. The van der Waals surface area contributed by atoms with E-state index < -0.39 is 22.0 Å². The Kier molecular flexibility index (Phi) is 9.40. The largest absolute Gasteiger partial charge is 0.480 e. The van der Waals surface area contributed by atoms with E-state index >= 15 is 0 Å². The number of rotatable bonds is 10. The van der Waals surface area contributed by atoms with Gasteiger partial charge in [0.2, 0.25) is 15.9 Å². The zero-order valence-electron chi connectivity index (χ0n) is 17.7. The van der Waals surface area contributed by atoms with Gasteiger partial charge in [0.25, 0.3) is 0 Å². The molecule has 0 saturated heterocycles. The fourth-order valence-corrected chi connectivity index (χ4v) is 4.05. The van der Waals surface area contributed by atoms with E-state index in [0.29, 0.717) is 18.5 Å². The van der Waals surface area contributed by atoms with E-state index in [1.807, 2.05) is 30.3 Å². The molecule has 2 aromatic rings. The molecule has 2 aromatic carbocycles. The van der Waals surface area contributed by atoms with Gasteiger partial charge in [0.05, 0.1) is 11.5 Å². The van der Waals surface area contributed by atoms with Crippen LogP contribution in [0, 0.1) is 11.8 Å². The maximum atomic E-state index is 12.6. The monoisotopic (exact) mass is 458 g/mol. The first-order valence-corrected chi connectivity index (χ1v) is 11.4. The molecule has 0 heterocycles. The standard InChI is InChI=1S/C23H26N2O6S/c1-25(17-19-8-3-2-4-9-19)22(27)15-14-21(23(28)29)24-32(30,31)20-12-10-18(11-13-20)7-5-6-16-26/h2-4,8-13,21,24,26H,6,14-17H2,1H3,(H,28,29)/t21-/m1/s1. The van der Waals surface area contributed by atoms with Crippen LogP contribution in [-0.4, -0.2) is 55.1 Å². The molecule has 0 unspecified atom stereocenters. The van der Waals surface area contributed by atoms with Crippen LogP contribution in [0.1, 0.15) is 30.4 Å². The van der Waals surface area contributed by atoms with E-state index in [1.54, 1.807) is 7.05 Å². The number of nitrogens with zero attached hydrogens (tertiary/aromatic N) is 1. The van der Waals surface area contributed by atoms with Crippen LogP contribution in [-0.2, 0) is 26.2 Å². The summed E-state index contributed by atoms with van der Waals surface area (Å²) in [4.78, 5) is 25.3. The third kappa shape index (κ3) is 7.81. The Morgan fingerprint density at radius 3 is 2.34 bits per heavy atom. The van der Waals surface area contributed by atoms with Crippen molar-refractivity contribution in [2.75, 3.05) is 13.7 Å². The highest BCUT2D eigenvalue weighted by molar-refractivity contribution is 7.89. The average molecular weight is 459 g/mol. The number of carbonyl (C=O) groups excluding carboxylic acids is 1. The molecule has 0 aliphatic heterocycles. The quantitative estimate of drug-likeness (QED) is 0.465. The fourth-order valence-electron chi connectivity index (χ4n) is 2.83. The molecule has 8 nitrogen and oxygen atoms in total. The molecular weight excluding hydrogens is 432 g/mol. The first kappa shape index (κ1) is 25.1. The number of hydrogen-bond acceptors (Lipinski definition) is 5. The van der Waals surface area contributed by atoms with Crippen molar-refractivity contribution in [2.45, 2.75) is 36.7 Å². The summed E-state index contributed by atoms with van der Waals surface area (Å²) in [5.41, 5.74) is 1.50. The van der Waals surface area contributed by atoms with E-state index in [9.17, 15) is 23.1 Å². The summed E-state index contributed by atoms with van der Waals surface area (Å²) >= 11 is 0. The fraction of sp³-hybridized carbons (Fsp3) is 0.304. The van der Waals surface area contributed by atoms with Gasteiger partial charge in [-0.3, -0.25) is 9.59 Å². The van der Waals surface area contributed by atoms with Crippen LogP contribution in [0.2, 0.25) is 0 Å². The lowest BCUT2D eigenvalue weighted by Gasteiger charge is -2.19. The number of benzene rings is 2. The van der Waals surface area contributed by atoms with Crippen molar-refractivity contribution in [3.05, 3.63) is 65.7 Å². The molecule has 2 rings (SSSR count). The smallest absolute Gasteiger partial charge is 0.321 e. The minimum absolute atomic E-state index is 0.0650. The lowest BCUT2D eigenvalue weighted by atomic mass is 10.1. The zero-order chi connectivity index (χ0) is 23.6. The van der Waals surface area contributed by atoms with Crippen LogP contribution in [0.3, 0.4) is 0 Å². The SMILES string of the molecule is CN(Cc1ccccc1)C(=O)CC[C@@H](NS(=O)(=O)c1ccc(C#CCCO)cc1)C(=O)O. The minimum Gasteiger partial charge on any atom is -0.480 e. The Bertz CT molecular complexity index is 1070. The molecule has 32 heavy (non-hydrogen) atoms. The summed E-state index contributed by atoms with van der Waals surface area (Å²) in [7, 11) is -2.50. The summed E-state index contributed by atoms with van der Waals surface area (Å²) in [6.45, 7) is 0.307. The number of carbonyl (C=O) groups is 2. The van der Waals surface area contributed by atoms with E-state index in [1.165, 1.54) is 29.2 Å². The van der Waals surface area contributed by atoms with Crippen LogP contribution in [0.25, 0.3) is 0 Å². The third-order valence-electron chi connectivity index (χ3n) is 4.56. The van der Waals surface area contributed by atoms with Crippen LogP contribution in [0.4, 0.5) is 0 Å². The summed E-state index contributed by atoms with van der Waals surface area (Å²) in [6, 6.07) is 13.5. The molecule has 0 spiro atoms. The van der Waals surface area contributed by atoms with Gasteiger partial charge in [0.15, 0.2) is 0 Å². The van der Waals surface area contributed by atoms with Crippen LogP contribution >= 0.6 is 0 Å². The van der Waals surface area contributed by atoms with Crippen LogP contribution in [0.15, 0.2) is 59.5 Å². The Hall–Kier alpha value is -3.19. The maximum absolute atomic E-state index is 12.6. The summed E-state index contributed by atoms with van der Waals surface area (Å²) in [5.74, 6) is 3.86. The van der Waals surface area contributed by atoms with Crippen molar-refractivity contribution >= 4 is 21.9 Å². The molecule has 0 aromatic heterocycles. The highest BCUT2D eigenvalue weighted by Crippen LogP contribution is 2.13. The van der Waals surface area contributed by atoms with Crippen LogP contribution < -0.4 is 4.72 Å². The third-order valence-corrected chi connectivity index (χ3v) is 6.05. The van der Waals surface area contributed by atoms with Gasteiger partial charge in [0.1, 0.15) is 6.04 Å². The van der Waals surface area contributed by atoms with Crippen molar-refractivity contribution in [2.24, 2.45) is 0 Å². The highest BCUT2D eigenvalue weighted by Gasteiger charge is 2.26. The Labute approximate surface area is 187 Å². The molecular formula is C23H26N2O6S. The van der Waals surface area contributed by atoms with Crippen molar-refractivity contribution in [1.29, 1.82) is 0 Å². The lowest BCUT2D eigenvalue weighted by molar-refractivity contribution is -0.139. The second-order valence-electron chi connectivity index (χ2n) is 7.09. The predicted octanol–water partition coefficient (Wildman–Crippen LogP) is 1.59. The molecule has 0 aliphatic carbocycles. The highest BCUT2D eigenvalue weighted by atomic mass is 32.2. The zero-order valence-corrected chi connectivity index (χ0v) is 18.5. The molecule has 9 heteroatoms. The van der Waals surface area contributed by atoms with Gasteiger partial charge >= 0.3 is 5.97 Å². The summed E-state index contributed by atoms with van der Waals surface area (Å²) in [5, 5.41) is 18.2. The van der Waals surface area contributed by atoms with Gasteiger partial charge in [-0.05, 0) is 36.2 Å². The Balaban J connectivity index is 1.99. The van der Waals surface area contributed by atoms with E-state index in [2.05, 4.69) is 16.6 Å². The molecule has 0 aliphatic rings. The average Bonchev–Trinajstić information content (AvgIpc) is 2.77. The minimum atomic E-state index is -4.11. The van der Waals surface area contributed by atoms with E-state index in [-0.39, 0.29) is 30.3 Å². The van der Waals surface area contributed by atoms with E-state index in [0.717, 1.165) is 5.56 Å². The topological polar surface area (TPSA) is 124 Å². The predicted molar refractivity (Wildman–Crippen MR) is 119 cm³/mol. The number of aliphatic carboxylic acids is 1. The molecule has 0 fully saturated rings. The lowest BCUT2D eigenvalue weighted by Crippen LogP contribution is -2.41. The number of carboxylic acid groups (broad SMARTS) is 1.